The van der Waals surface area contributed by atoms with Crippen molar-refractivity contribution in [2.24, 2.45) is 0 Å². The SMILES string of the molecule is C1=CC=CC=1SSS[C]1C=CC=CC=C1. The first-order valence-corrected chi connectivity index (χ1v) is 7.96. The van der Waals surface area contributed by atoms with E-state index in [1.807, 2.05) is 24.3 Å². The molecule has 2 rings (SSSR count). The summed E-state index contributed by atoms with van der Waals surface area (Å²) in [5.74, 6) is 0. The summed E-state index contributed by atoms with van der Waals surface area (Å²) in [5, 5.41) is 1.27. The average molecular weight is 249 g/mol. The maximum atomic E-state index is 3.16. The third-order valence-electron chi connectivity index (χ3n) is 1.68. The average Bonchev–Trinajstić information content (AvgIpc) is 2.62. The fourth-order valence-corrected chi connectivity index (χ4v) is 4.58. The van der Waals surface area contributed by atoms with Crippen molar-refractivity contribution in [3.05, 3.63) is 70.6 Å². The van der Waals surface area contributed by atoms with Crippen LogP contribution < -0.4 is 0 Å². The van der Waals surface area contributed by atoms with Gasteiger partial charge in [0.2, 0.25) is 0 Å². The molecule has 0 bridgehead atoms. The fourth-order valence-electron chi connectivity index (χ4n) is 0.999. The molecule has 0 spiro atoms. The molecule has 2 aliphatic rings. The molecule has 0 fully saturated rings. The predicted molar refractivity (Wildman–Crippen MR) is 74.2 cm³/mol. The maximum absolute atomic E-state index is 3.16. The lowest BCUT2D eigenvalue weighted by atomic mass is 10.4. The molecule has 1 radical (unpaired) electrons. The van der Waals surface area contributed by atoms with Crippen molar-refractivity contribution in [3.63, 3.8) is 0 Å². The molecule has 0 saturated heterocycles. The van der Waals surface area contributed by atoms with Crippen LogP contribution in [0.5, 0.6) is 0 Å². The van der Waals surface area contributed by atoms with E-state index in [0.717, 1.165) is 0 Å². The molecule has 0 heterocycles. The van der Waals surface area contributed by atoms with E-state index in [0.29, 0.717) is 0 Å². The highest BCUT2D eigenvalue weighted by Gasteiger charge is 2.05. The van der Waals surface area contributed by atoms with Crippen LogP contribution in [0.2, 0.25) is 0 Å². The second-order valence-corrected chi connectivity index (χ2v) is 6.79. The van der Waals surface area contributed by atoms with E-state index < -0.39 is 0 Å². The van der Waals surface area contributed by atoms with Crippen molar-refractivity contribution in [2.45, 2.75) is 0 Å². The Morgan fingerprint density at radius 2 is 1.60 bits per heavy atom. The van der Waals surface area contributed by atoms with Crippen LogP contribution in [-0.2, 0) is 0 Å². The van der Waals surface area contributed by atoms with Gasteiger partial charge in [0.1, 0.15) is 0 Å². The van der Waals surface area contributed by atoms with Crippen molar-refractivity contribution in [2.75, 3.05) is 0 Å². The van der Waals surface area contributed by atoms with Crippen molar-refractivity contribution in [3.8, 4) is 0 Å². The lowest BCUT2D eigenvalue weighted by Gasteiger charge is -2.03. The van der Waals surface area contributed by atoms with Crippen LogP contribution in [0, 0.1) is 5.25 Å². The lowest BCUT2D eigenvalue weighted by molar-refractivity contribution is 1.70. The summed E-state index contributed by atoms with van der Waals surface area (Å²) in [6, 6.07) is 0. The van der Waals surface area contributed by atoms with Crippen LogP contribution in [0.15, 0.2) is 65.3 Å². The molecule has 15 heavy (non-hydrogen) atoms. The van der Waals surface area contributed by atoms with Gasteiger partial charge in [0.25, 0.3) is 0 Å². The lowest BCUT2D eigenvalue weighted by Crippen LogP contribution is -1.74. The number of hydrogen-bond donors (Lipinski definition) is 0. The smallest absolute Gasteiger partial charge is 0.0862 e. The number of allylic oxidation sites excluding steroid dienone is 6. The molecule has 0 amide bonds. The summed E-state index contributed by atoms with van der Waals surface area (Å²) < 4.78 is 0. The first-order valence-electron chi connectivity index (χ1n) is 4.48. The second kappa shape index (κ2) is 6.19. The van der Waals surface area contributed by atoms with Crippen LogP contribution >= 0.6 is 31.4 Å². The van der Waals surface area contributed by atoms with E-state index in [2.05, 4.69) is 36.1 Å². The molecule has 0 saturated carbocycles. The summed E-state index contributed by atoms with van der Waals surface area (Å²) in [6.45, 7) is 0. The van der Waals surface area contributed by atoms with Crippen LogP contribution in [0.3, 0.4) is 0 Å². The minimum Gasteiger partial charge on any atom is -0.105 e. The summed E-state index contributed by atoms with van der Waals surface area (Å²) in [7, 11) is 5.28. The first-order chi connectivity index (χ1) is 7.45. The topological polar surface area (TPSA) is 0 Å². The number of hydrogen-bond acceptors (Lipinski definition) is 3. The van der Waals surface area contributed by atoms with Gasteiger partial charge in [-0.05, 0) is 32.8 Å². The van der Waals surface area contributed by atoms with Crippen molar-refractivity contribution in [1.29, 1.82) is 0 Å². The van der Waals surface area contributed by atoms with E-state index >= 15 is 0 Å². The highest BCUT2D eigenvalue weighted by Crippen LogP contribution is 2.46. The molecule has 2 aliphatic carbocycles. The van der Waals surface area contributed by atoms with Gasteiger partial charge < -0.3 is 0 Å². The van der Waals surface area contributed by atoms with Crippen LogP contribution in [0.25, 0.3) is 0 Å². The summed E-state index contributed by atoms with van der Waals surface area (Å²) in [6.07, 6.45) is 18.4. The van der Waals surface area contributed by atoms with E-state index in [1.54, 1.807) is 31.4 Å². The Morgan fingerprint density at radius 1 is 0.800 bits per heavy atom. The molecule has 0 aromatic carbocycles. The zero-order chi connectivity index (χ0) is 10.3. The zero-order valence-corrected chi connectivity index (χ0v) is 10.4. The Kier molecular flexibility index (Phi) is 4.55. The highest BCUT2D eigenvalue weighted by atomic mass is 33.5. The van der Waals surface area contributed by atoms with Crippen molar-refractivity contribution < 1.29 is 0 Å². The fraction of sp³-hybridized carbons (Fsp3) is 0. The second-order valence-electron chi connectivity index (χ2n) is 2.77. The Morgan fingerprint density at radius 3 is 2.27 bits per heavy atom. The Bertz CT molecular complexity index is 377. The maximum Gasteiger partial charge on any atom is 0.0862 e. The molecule has 0 aliphatic heterocycles. The molecule has 0 N–H and O–H groups in total. The summed E-state index contributed by atoms with van der Waals surface area (Å²) in [4.78, 5) is 1.19. The molecule has 0 nitrogen and oxygen atoms in total. The van der Waals surface area contributed by atoms with E-state index in [1.165, 1.54) is 10.2 Å². The van der Waals surface area contributed by atoms with E-state index in [4.69, 9.17) is 0 Å². The van der Waals surface area contributed by atoms with Gasteiger partial charge in [-0.25, -0.2) is 0 Å². The van der Waals surface area contributed by atoms with Gasteiger partial charge in [-0.1, -0.05) is 53.3 Å². The van der Waals surface area contributed by atoms with E-state index in [-0.39, 0.29) is 0 Å². The van der Waals surface area contributed by atoms with Crippen LogP contribution in [0.1, 0.15) is 0 Å². The largest absolute Gasteiger partial charge is 0.105 e. The summed E-state index contributed by atoms with van der Waals surface area (Å²) >= 11 is 0. The third kappa shape index (κ3) is 3.88. The van der Waals surface area contributed by atoms with Gasteiger partial charge in [0, 0.05) is 0 Å². The van der Waals surface area contributed by atoms with Crippen LogP contribution in [0.4, 0.5) is 0 Å². The zero-order valence-electron chi connectivity index (χ0n) is 7.92. The Labute approximate surface area is 102 Å². The molecule has 3 heteroatoms. The Hall–Kier alpha value is -0.470. The van der Waals surface area contributed by atoms with Gasteiger partial charge in [0.15, 0.2) is 0 Å². The molecule has 0 atom stereocenters. The molecule has 75 valence electrons. The molecule has 0 aromatic rings. The standard InChI is InChI=1S/C12H9S3/c1-2-4-8-11(7-3-1)13-15-14-12-9-5-6-10-12/h1-9H. The molecule has 0 aromatic heterocycles. The first kappa shape index (κ1) is 11.0. The predicted octanol–water partition coefficient (Wildman–Crippen LogP) is 4.84. The number of rotatable bonds is 4. The molecule has 0 unspecified atom stereocenters. The molecular formula is C12H9S3. The van der Waals surface area contributed by atoms with Gasteiger partial charge in [-0.15, -0.1) is 5.73 Å². The monoisotopic (exact) mass is 249 g/mol. The van der Waals surface area contributed by atoms with Crippen LogP contribution in [-0.4, -0.2) is 0 Å². The third-order valence-corrected chi connectivity index (χ3v) is 5.46. The molecular weight excluding hydrogens is 240 g/mol. The van der Waals surface area contributed by atoms with Gasteiger partial charge >= 0.3 is 0 Å². The normalized spacial score (nSPS) is 18.5. The van der Waals surface area contributed by atoms with Gasteiger partial charge in [0.05, 0.1) is 10.2 Å². The minimum absolute atomic E-state index is 1.19. The van der Waals surface area contributed by atoms with Gasteiger partial charge in [-0.2, -0.15) is 0 Å². The van der Waals surface area contributed by atoms with E-state index in [9.17, 15) is 0 Å². The highest BCUT2D eigenvalue weighted by molar-refractivity contribution is 9.10. The Balaban J connectivity index is 1.74. The quantitative estimate of drug-likeness (QED) is 0.517. The summed E-state index contributed by atoms with van der Waals surface area (Å²) in [5.41, 5.74) is 3.16. The van der Waals surface area contributed by atoms with Crippen molar-refractivity contribution in [1.82, 2.24) is 0 Å². The van der Waals surface area contributed by atoms with Crippen molar-refractivity contribution >= 4 is 31.4 Å². The van der Waals surface area contributed by atoms with Gasteiger partial charge in [-0.3, -0.25) is 0 Å². The minimum atomic E-state index is 1.19.